The molecule has 3 aromatic rings. The second kappa shape index (κ2) is 5.74. The lowest BCUT2D eigenvalue weighted by atomic mass is 10.2. The van der Waals surface area contributed by atoms with Crippen LogP contribution >= 0.6 is 0 Å². The third-order valence-electron chi connectivity index (χ3n) is 3.38. The van der Waals surface area contributed by atoms with Crippen LogP contribution in [0.3, 0.4) is 0 Å². The first-order chi connectivity index (χ1) is 11.6. The van der Waals surface area contributed by atoms with Crippen molar-refractivity contribution in [2.75, 3.05) is 0 Å². The first kappa shape index (κ1) is 17.2. The van der Waals surface area contributed by atoms with Gasteiger partial charge in [0.1, 0.15) is 26.1 Å². The van der Waals surface area contributed by atoms with Gasteiger partial charge in [0.2, 0.25) is 0 Å². The number of nitrogens with zero attached hydrogens (tertiary/aromatic N) is 1. The van der Waals surface area contributed by atoms with Crippen molar-refractivity contribution in [3.05, 3.63) is 52.8 Å². The number of nitrogens with one attached hydrogen (secondary N) is 1. The Balaban J connectivity index is 2.41. The van der Waals surface area contributed by atoms with Crippen LogP contribution in [0.25, 0.3) is 22.3 Å². The third-order valence-corrected chi connectivity index (χ3v) is 5.10. The van der Waals surface area contributed by atoms with Gasteiger partial charge in [-0.1, -0.05) is 12.1 Å². The SMILES string of the molecule is O=c1[nH]c(-c2cc(S(=O)(=O)[O-])ccc2S(=O)(=O)[O-])nc2ccccc12. The van der Waals surface area contributed by atoms with Gasteiger partial charge in [-0.25, -0.2) is 21.8 Å². The van der Waals surface area contributed by atoms with E-state index in [0.717, 1.165) is 0 Å². The van der Waals surface area contributed by atoms with Gasteiger partial charge in [-0.2, -0.15) is 0 Å². The molecule has 0 radical (unpaired) electrons. The van der Waals surface area contributed by atoms with Gasteiger partial charge in [-0.05, 0) is 30.3 Å². The maximum atomic E-state index is 12.1. The van der Waals surface area contributed by atoms with E-state index in [1.165, 1.54) is 12.1 Å². The maximum Gasteiger partial charge on any atom is 0.259 e. The van der Waals surface area contributed by atoms with Crippen LogP contribution in [0.15, 0.2) is 57.1 Å². The molecule has 11 heteroatoms. The Kier molecular flexibility index (Phi) is 3.95. The normalized spacial score (nSPS) is 12.4. The summed E-state index contributed by atoms with van der Waals surface area (Å²) in [6, 6.07) is 8.23. The summed E-state index contributed by atoms with van der Waals surface area (Å²) in [5.74, 6) is -0.344. The van der Waals surface area contributed by atoms with Crippen molar-refractivity contribution < 1.29 is 25.9 Å². The minimum Gasteiger partial charge on any atom is -0.744 e. The van der Waals surface area contributed by atoms with E-state index >= 15 is 0 Å². The highest BCUT2D eigenvalue weighted by atomic mass is 32.2. The summed E-state index contributed by atoms with van der Waals surface area (Å²) in [4.78, 5) is 16.9. The van der Waals surface area contributed by atoms with Crippen molar-refractivity contribution >= 4 is 31.1 Å². The summed E-state index contributed by atoms with van der Waals surface area (Å²) < 4.78 is 67.8. The van der Waals surface area contributed by atoms with E-state index < -0.39 is 41.1 Å². The number of H-pyrrole nitrogens is 1. The lowest BCUT2D eigenvalue weighted by Crippen LogP contribution is -2.12. The molecule has 0 aliphatic rings. The molecule has 0 fully saturated rings. The zero-order valence-electron chi connectivity index (χ0n) is 12.2. The minimum atomic E-state index is -5.02. The van der Waals surface area contributed by atoms with E-state index in [9.17, 15) is 30.7 Å². The molecule has 130 valence electrons. The highest BCUT2D eigenvalue weighted by molar-refractivity contribution is 7.86. The fourth-order valence-electron chi connectivity index (χ4n) is 2.28. The molecule has 0 bridgehead atoms. The summed E-state index contributed by atoms with van der Waals surface area (Å²) in [7, 11) is -9.93. The number of hydrogen-bond donors (Lipinski definition) is 1. The average Bonchev–Trinajstić information content (AvgIpc) is 2.52. The van der Waals surface area contributed by atoms with Gasteiger partial charge in [-0.15, -0.1) is 0 Å². The first-order valence-corrected chi connectivity index (χ1v) is 9.44. The quantitative estimate of drug-likeness (QED) is 0.639. The number of rotatable bonds is 3. The van der Waals surface area contributed by atoms with E-state index in [1.807, 2.05) is 0 Å². The number of aromatic amines is 1. The molecule has 0 aliphatic carbocycles. The molecule has 25 heavy (non-hydrogen) atoms. The predicted molar refractivity (Wildman–Crippen MR) is 83.7 cm³/mol. The molecule has 1 heterocycles. The lowest BCUT2D eigenvalue weighted by molar-refractivity contribution is 0.458. The molecule has 1 aromatic heterocycles. The summed E-state index contributed by atoms with van der Waals surface area (Å²) in [5.41, 5.74) is -0.897. The lowest BCUT2D eigenvalue weighted by Gasteiger charge is -2.15. The molecule has 1 N–H and O–H groups in total. The van der Waals surface area contributed by atoms with E-state index in [0.29, 0.717) is 18.2 Å². The monoisotopic (exact) mass is 380 g/mol. The number of para-hydroxylation sites is 1. The maximum absolute atomic E-state index is 12.1. The van der Waals surface area contributed by atoms with Gasteiger partial charge in [0.05, 0.1) is 20.7 Å². The van der Waals surface area contributed by atoms with Crippen molar-refractivity contribution in [2.24, 2.45) is 0 Å². The molecule has 2 aromatic carbocycles. The van der Waals surface area contributed by atoms with Crippen molar-refractivity contribution in [3.8, 4) is 11.4 Å². The average molecular weight is 380 g/mol. The second-order valence-electron chi connectivity index (χ2n) is 5.00. The Labute approximate surface area is 141 Å². The predicted octanol–water partition coefficient (Wildman–Crippen LogP) is 0.398. The van der Waals surface area contributed by atoms with Gasteiger partial charge >= 0.3 is 0 Å². The highest BCUT2D eigenvalue weighted by Crippen LogP contribution is 2.27. The molecule has 0 spiro atoms. The molecule has 3 rings (SSSR count). The first-order valence-electron chi connectivity index (χ1n) is 6.62. The Morgan fingerprint density at radius 3 is 2.24 bits per heavy atom. The summed E-state index contributed by atoms with van der Waals surface area (Å²) in [6.45, 7) is 0. The fraction of sp³-hybridized carbons (Fsp3) is 0. The van der Waals surface area contributed by atoms with E-state index in [4.69, 9.17) is 0 Å². The largest absolute Gasteiger partial charge is 0.744 e. The van der Waals surface area contributed by atoms with Crippen LogP contribution in [0.1, 0.15) is 0 Å². The van der Waals surface area contributed by atoms with E-state index in [-0.39, 0.29) is 16.7 Å². The summed E-state index contributed by atoms with van der Waals surface area (Å²) >= 11 is 0. The topological polar surface area (TPSA) is 160 Å². The molecule has 0 amide bonds. The standard InChI is InChI=1S/C14H10N2O7S2/c17-14-9-3-1-2-4-11(9)15-13(16-14)10-7-8(24(18,19)20)5-6-12(10)25(21,22)23/h1-7H,(H,15,16,17)(H,18,19,20)(H,21,22,23)/p-2. The Morgan fingerprint density at radius 1 is 0.920 bits per heavy atom. The molecule has 0 aliphatic heterocycles. The van der Waals surface area contributed by atoms with Gasteiger partial charge in [0.15, 0.2) is 0 Å². The van der Waals surface area contributed by atoms with E-state index in [2.05, 4.69) is 9.97 Å². The van der Waals surface area contributed by atoms with E-state index in [1.54, 1.807) is 12.1 Å². The van der Waals surface area contributed by atoms with Crippen LogP contribution in [-0.2, 0) is 20.2 Å². The Bertz CT molecular complexity index is 1260. The number of benzene rings is 2. The summed E-state index contributed by atoms with van der Waals surface area (Å²) in [6.07, 6.45) is 0. The van der Waals surface area contributed by atoms with Crippen molar-refractivity contribution in [1.29, 1.82) is 0 Å². The van der Waals surface area contributed by atoms with Crippen molar-refractivity contribution in [2.45, 2.75) is 9.79 Å². The zero-order chi connectivity index (χ0) is 18.4. The van der Waals surface area contributed by atoms with Gasteiger partial charge in [-0.3, -0.25) is 4.79 Å². The summed E-state index contributed by atoms with van der Waals surface area (Å²) in [5, 5.41) is 0.213. The minimum absolute atomic E-state index is 0.200. The smallest absolute Gasteiger partial charge is 0.259 e. The zero-order valence-corrected chi connectivity index (χ0v) is 13.8. The third kappa shape index (κ3) is 3.30. The molecular formula is C14H8N2O7S2-2. The number of hydrogen-bond acceptors (Lipinski definition) is 8. The number of fused-ring (bicyclic) bond motifs is 1. The molecule has 9 nitrogen and oxygen atoms in total. The van der Waals surface area contributed by atoms with Crippen LogP contribution in [0.5, 0.6) is 0 Å². The highest BCUT2D eigenvalue weighted by Gasteiger charge is 2.17. The number of aromatic nitrogens is 2. The van der Waals surface area contributed by atoms with Crippen LogP contribution in [-0.4, -0.2) is 35.9 Å². The van der Waals surface area contributed by atoms with Crippen LogP contribution in [0, 0.1) is 0 Å². The fourth-order valence-corrected chi connectivity index (χ4v) is 3.44. The molecule has 0 unspecified atom stereocenters. The van der Waals surface area contributed by atoms with Crippen molar-refractivity contribution in [3.63, 3.8) is 0 Å². The van der Waals surface area contributed by atoms with Crippen molar-refractivity contribution in [1.82, 2.24) is 9.97 Å². The van der Waals surface area contributed by atoms with Crippen LogP contribution in [0.4, 0.5) is 0 Å². The van der Waals surface area contributed by atoms with Gasteiger partial charge in [0.25, 0.3) is 5.56 Å². The Morgan fingerprint density at radius 2 is 1.60 bits per heavy atom. The second-order valence-corrected chi connectivity index (χ2v) is 7.73. The van der Waals surface area contributed by atoms with Crippen LogP contribution in [0.2, 0.25) is 0 Å². The van der Waals surface area contributed by atoms with Crippen LogP contribution < -0.4 is 5.56 Å². The Hall–Kier alpha value is -2.60. The van der Waals surface area contributed by atoms with Gasteiger partial charge in [0, 0.05) is 5.56 Å². The molecule has 0 saturated carbocycles. The molecular weight excluding hydrogens is 372 g/mol. The molecule has 0 atom stereocenters. The van der Waals surface area contributed by atoms with Gasteiger partial charge < -0.3 is 14.1 Å². The molecule has 0 saturated heterocycles.